The van der Waals surface area contributed by atoms with Crippen LogP contribution in [0.3, 0.4) is 0 Å². The van der Waals surface area contributed by atoms with Gasteiger partial charge in [-0.15, -0.1) is 0 Å². The molecule has 0 aromatic heterocycles. The van der Waals surface area contributed by atoms with Crippen molar-refractivity contribution in [1.82, 2.24) is 0 Å². The van der Waals surface area contributed by atoms with E-state index in [1.54, 1.807) is 30.3 Å². The molecule has 3 nitrogen and oxygen atoms in total. The SMILES string of the molecule is Cc1ccc(Oc2cccc(O)c2)cc1N. The minimum atomic E-state index is 0.178. The highest BCUT2D eigenvalue weighted by Gasteiger charge is 2.00. The average molecular weight is 215 g/mol. The fourth-order valence-corrected chi connectivity index (χ4v) is 1.37. The van der Waals surface area contributed by atoms with Gasteiger partial charge in [0.1, 0.15) is 17.2 Å². The van der Waals surface area contributed by atoms with Gasteiger partial charge in [0.05, 0.1) is 0 Å². The molecule has 0 aliphatic heterocycles. The fourth-order valence-electron chi connectivity index (χ4n) is 1.37. The van der Waals surface area contributed by atoms with Crippen molar-refractivity contribution in [2.45, 2.75) is 6.92 Å². The lowest BCUT2D eigenvalue weighted by molar-refractivity contribution is 0.455. The van der Waals surface area contributed by atoms with E-state index in [2.05, 4.69) is 0 Å². The van der Waals surface area contributed by atoms with Gasteiger partial charge in [-0.3, -0.25) is 0 Å². The third-order valence-corrected chi connectivity index (χ3v) is 2.30. The Kier molecular flexibility index (Phi) is 2.68. The summed E-state index contributed by atoms with van der Waals surface area (Å²) in [6, 6.07) is 12.1. The summed E-state index contributed by atoms with van der Waals surface area (Å²) < 4.78 is 5.56. The van der Waals surface area contributed by atoms with Crippen molar-refractivity contribution in [2.75, 3.05) is 5.73 Å². The Balaban J connectivity index is 2.24. The largest absolute Gasteiger partial charge is 0.508 e. The number of nitrogen functional groups attached to an aromatic ring is 1. The molecule has 0 aliphatic carbocycles. The Bertz CT molecular complexity index is 509. The molecule has 82 valence electrons. The lowest BCUT2D eigenvalue weighted by Gasteiger charge is -2.07. The van der Waals surface area contributed by atoms with E-state index in [4.69, 9.17) is 10.5 Å². The fraction of sp³-hybridized carbons (Fsp3) is 0.0769. The first-order valence-corrected chi connectivity index (χ1v) is 4.98. The lowest BCUT2D eigenvalue weighted by Crippen LogP contribution is -1.90. The maximum absolute atomic E-state index is 9.29. The predicted molar refractivity (Wildman–Crippen MR) is 63.8 cm³/mol. The van der Waals surface area contributed by atoms with Crippen molar-refractivity contribution in [3.05, 3.63) is 48.0 Å². The van der Waals surface area contributed by atoms with Gasteiger partial charge in [-0.05, 0) is 30.7 Å². The van der Waals surface area contributed by atoms with Crippen LogP contribution >= 0.6 is 0 Å². The highest BCUT2D eigenvalue weighted by molar-refractivity contribution is 5.51. The van der Waals surface area contributed by atoms with Crippen LogP contribution in [0.15, 0.2) is 42.5 Å². The Hall–Kier alpha value is -2.16. The van der Waals surface area contributed by atoms with Crippen LogP contribution in [0.2, 0.25) is 0 Å². The zero-order chi connectivity index (χ0) is 11.5. The second kappa shape index (κ2) is 4.14. The molecular formula is C13H13NO2. The lowest BCUT2D eigenvalue weighted by atomic mass is 10.2. The summed E-state index contributed by atoms with van der Waals surface area (Å²) >= 11 is 0. The van der Waals surface area contributed by atoms with Crippen molar-refractivity contribution in [1.29, 1.82) is 0 Å². The molecule has 2 rings (SSSR count). The molecule has 3 heteroatoms. The number of aromatic hydroxyl groups is 1. The topological polar surface area (TPSA) is 55.5 Å². The van der Waals surface area contributed by atoms with Gasteiger partial charge in [0.15, 0.2) is 0 Å². The molecule has 0 atom stereocenters. The number of hydrogen-bond acceptors (Lipinski definition) is 3. The van der Waals surface area contributed by atoms with Crippen LogP contribution < -0.4 is 10.5 Å². The second-order valence-corrected chi connectivity index (χ2v) is 3.62. The Labute approximate surface area is 94.1 Å². The third-order valence-electron chi connectivity index (χ3n) is 2.30. The molecule has 0 bridgehead atoms. The molecule has 0 amide bonds. The van der Waals surface area contributed by atoms with Gasteiger partial charge < -0.3 is 15.6 Å². The Morgan fingerprint density at radius 1 is 1.06 bits per heavy atom. The minimum Gasteiger partial charge on any atom is -0.508 e. The van der Waals surface area contributed by atoms with Crippen molar-refractivity contribution in [3.8, 4) is 17.2 Å². The van der Waals surface area contributed by atoms with Crippen LogP contribution in [-0.4, -0.2) is 5.11 Å². The molecule has 0 spiro atoms. The van der Waals surface area contributed by atoms with E-state index in [1.807, 2.05) is 19.1 Å². The molecule has 0 saturated heterocycles. The summed E-state index contributed by atoms with van der Waals surface area (Å²) in [5, 5.41) is 9.29. The summed E-state index contributed by atoms with van der Waals surface area (Å²) in [7, 11) is 0. The summed E-state index contributed by atoms with van der Waals surface area (Å²) in [5.41, 5.74) is 7.48. The molecular weight excluding hydrogens is 202 g/mol. The molecule has 0 heterocycles. The Morgan fingerprint density at radius 3 is 2.50 bits per heavy atom. The second-order valence-electron chi connectivity index (χ2n) is 3.62. The molecule has 0 fully saturated rings. The van der Waals surface area contributed by atoms with Gasteiger partial charge >= 0.3 is 0 Å². The van der Waals surface area contributed by atoms with Crippen molar-refractivity contribution >= 4 is 5.69 Å². The third kappa shape index (κ3) is 2.25. The van der Waals surface area contributed by atoms with E-state index in [-0.39, 0.29) is 5.75 Å². The molecule has 2 aromatic carbocycles. The minimum absolute atomic E-state index is 0.178. The summed E-state index contributed by atoms with van der Waals surface area (Å²) in [6.07, 6.45) is 0. The van der Waals surface area contributed by atoms with Gasteiger partial charge in [0.2, 0.25) is 0 Å². The van der Waals surface area contributed by atoms with Crippen LogP contribution in [0.5, 0.6) is 17.2 Å². The first-order valence-electron chi connectivity index (χ1n) is 4.98. The maximum atomic E-state index is 9.29. The van der Waals surface area contributed by atoms with Crippen molar-refractivity contribution in [3.63, 3.8) is 0 Å². The first kappa shape index (κ1) is 10.4. The van der Waals surface area contributed by atoms with Gasteiger partial charge in [0.25, 0.3) is 0 Å². The van der Waals surface area contributed by atoms with Crippen LogP contribution in [-0.2, 0) is 0 Å². The number of rotatable bonds is 2. The van der Waals surface area contributed by atoms with Gasteiger partial charge in [-0.1, -0.05) is 12.1 Å². The number of nitrogens with two attached hydrogens (primary N) is 1. The quantitative estimate of drug-likeness (QED) is 0.757. The van der Waals surface area contributed by atoms with Crippen molar-refractivity contribution in [2.24, 2.45) is 0 Å². The van der Waals surface area contributed by atoms with E-state index in [9.17, 15) is 5.11 Å². The van der Waals surface area contributed by atoms with Gasteiger partial charge in [-0.25, -0.2) is 0 Å². The highest BCUT2D eigenvalue weighted by atomic mass is 16.5. The van der Waals surface area contributed by atoms with E-state index >= 15 is 0 Å². The number of anilines is 1. The zero-order valence-corrected chi connectivity index (χ0v) is 8.97. The molecule has 0 aliphatic rings. The van der Waals surface area contributed by atoms with Gasteiger partial charge in [0, 0.05) is 17.8 Å². The van der Waals surface area contributed by atoms with Crippen LogP contribution in [0.1, 0.15) is 5.56 Å². The van der Waals surface area contributed by atoms with Crippen LogP contribution in [0.25, 0.3) is 0 Å². The molecule has 0 saturated carbocycles. The van der Waals surface area contributed by atoms with E-state index in [0.717, 1.165) is 5.56 Å². The summed E-state index contributed by atoms with van der Waals surface area (Å²) in [6.45, 7) is 1.94. The van der Waals surface area contributed by atoms with E-state index in [0.29, 0.717) is 17.2 Å². The standard InChI is InChI=1S/C13H13NO2/c1-9-5-6-12(8-13(9)14)16-11-4-2-3-10(15)7-11/h2-8,15H,14H2,1H3. The zero-order valence-electron chi connectivity index (χ0n) is 8.97. The number of benzene rings is 2. The number of ether oxygens (including phenoxy) is 1. The smallest absolute Gasteiger partial charge is 0.131 e. The summed E-state index contributed by atoms with van der Waals surface area (Å²) in [4.78, 5) is 0. The highest BCUT2D eigenvalue weighted by Crippen LogP contribution is 2.26. The maximum Gasteiger partial charge on any atom is 0.131 e. The van der Waals surface area contributed by atoms with Crippen LogP contribution in [0.4, 0.5) is 5.69 Å². The molecule has 0 unspecified atom stereocenters. The number of hydrogen-bond donors (Lipinski definition) is 2. The normalized spacial score (nSPS) is 10.1. The molecule has 16 heavy (non-hydrogen) atoms. The van der Waals surface area contributed by atoms with E-state index in [1.165, 1.54) is 0 Å². The average Bonchev–Trinajstić information content (AvgIpc) is 2.24. The van der Waals surface area contributed by atoms with E-state index < -0.39 is 0 Å². The van der Waals surface area contributed by atoms with Crippen molar-refractivity contribution < 1.29 is 9.84 Å². The van der Waals surface area contributed by atoms with Gasteiger partial charge in [-0.2, -0.15) is 0 Å². The first-order chi connectivity index (χ1) is 7.65. The predicted octanol–water partition coefficient (Wildman–Crippen LogP) is 3.08. The Morgan fingerprint density at radius 2 is 1.81 bits per heavy atom. The molecule has 3 N–H and O–H groups in total. The molecule has 2 aromatic rings. The number of phenolic OH excluding ortho intramolecular Hbond substituents is 1. The summed E-state index contributed by atoms with van der Waals surface area (Å²) in [5.74, 6) is 1.43. The monoisotopic (exact) mass is 215 g/mol. The molecule has 0 radical (unpaired) electrons. The number of phenols is 1. The number of aryl methyl sites for hydroxylation is 1. The van der Waals surface area contributed by atoms with Crippen LogP contribution in [0, 0.1) is 6.92 Å².